The van der Waals surface area contributed by atoms with Crippen LogP contribution >= 0.6 is 0 Å². The third kappa shape index (κ3) is 5.72. The molecule has 2 aromatic carbocycles. The standard InChI is InChI=1S/C16H15NO3.K.H/c17-15(18)11-14(12-7-3-1-4-8-12)20-16(19)13-9-5-2-6-10-13;;/h1-10,14H,11H2,(H2,17,18);;. The molecule has 2 N–H and O–H groups in total. The quantitative estimate of drug-likeness (QED) is 0.676. The van der Waals surface area contributed by atoms with Gasteiger partial charge in [-0.3, -0.25) is 4.79 Å². The number of ether oxygens (including phenoxy) is 1. The Morgan fingerprint density at radius 1 is 0.952 bits per heavy atom. The predicted octanol–water partition coefficient (Wildman–Crippen LogP) is 1.81. The first-order chi connectivity index (χ1) is 9.66. The van der Waals surface area contributed by atoms with Crippen molar-refractivity contribution < 1.29 is 14.3 Å². The molecule has 0 radical (unpaired) electrons. The summed E-state index contributed by atoms with van der Waals surface area (Å²) in [5.41, 5.74) is 6.40. The van der Waals surface area contributed by atoms with Crippen molar-refractivity contribution in [1.29, 1.82) is 0 Å². The summed E-state index contributed by atoms with van der Waals surface area (Å²) < 4.78 is 5.39. The average Bonchev–Trinajstić information content (AvgIpc) is 2.48. The Labute approximate surface area is 166 Å². The fraction of sp³-hybridized carbons (Fsp3) is 0.125. The van der Waals surface area contributed by atoms with Crippen LogP contribution in [0.25, 0.3) is 0 Å². The second-order valence-electron chi connectivity index (χ2n) is 4.34. The van der Waals surface area contributed by atoms with Crippen molar-refractivity contribution in [1.82, 2.24) is 0 Å². The summed E-state index contributed by atoms with van der Waals surface area (Å²) in [6, 6.07) is 17.7. The van der Waals surface area contributed by atoms with Crippen LogP contribution in [0.4, 0.5) is 0 Å². The first kappa shape index (κ1) is 18.1. The number of amides is 1. The fourth-order valence-corrected chi connectivity index (χ4v) is 1.85. The molecule has 0 aliphatic heterocycles. The van der Waals surface area contributed by atoms with Crippen LogP contribution in [0.3, 0.4) is 0 Å². The zero-order valence-electron chi connectivity index (χ0n) is 10.9. The van der Waals surface area contributed by atoms with E-state index in [9.17, 15) is 9.59 Å². The average molecular weight is 309 g/mol. The molecule has 0 fully saturated rings. The zero-order valence-corrected chi connectivity index (χ0v) is 10.9. The van der Waals surface area contributed by atoms with Gasteiger partial charge in [-0.1, -0.05) is 48.5 Å². The van der Waals surface area contributed by atoms with Crippen LogP contribution in [0.5, 0.6) is 0 Å². The van der Waals surface area contributed by atoms with E-state index in [1.165, 1.54) is 0 Å². The molecule has 1 unspecified atom stereocenters. The molecule has 5 heteroatoms. The third-order valence-corrected chi connectivity index (χ3v) is 2.82. The SMILES string of the molecule is NC(=O)CC(OC(=O)c1ccccc1)c1ccccc1.[KH]. The van der Waals surface area contributed by atoms with Crippen LogP contribution in [-0.2, 0) is 9.53 Å². The number of benzene rings is 2. The summed E-state index contributed by atoms with van der Waals surface area (Å²) in [7, 11) is 0. The molecule has 1 atom stereocenters. The monoisotopic (exact) mass is 309 g/mol. The molecule has 21 heavy (non-hydrogen) atoms. The molecule has 0 bridgehead atoms. The molecule has 2 aromatic rings. The molecular formula is C16H16KNO3. The number of carbonyl (C=O) groups is 2. The Morgan fingerprint density at radius 2 is 1.48 bits per heavy atom. The molecular weight excluding hydrogens is 293 g/mol. The van der Waals surface area contributed by atoms with Crippen molar-refractivity contribution >= 4 is 63.3 Å². The molecule has 0 saturated heterocycles. The van der Waals surface area contributed by atoms with Gasteiger partial charge in [0.15, 0.2) is 0 Å². The van der Waals surface area contributed by atoms with Gasteiger partial charge in [-0.05, 0) is 17.7 Å². The Bertz CT molecular complexity index is 587. The Morgan fingerprint density at radius 3 is 2.00 bits per heavy atom. The molecule has 1 amide bonds. The van der Waals surface area contributed by atoms with E-state index >= 15 is 0 Å². The molecule has 4 nitrogen and oxygen atoms in total. The van der Waals surface area contributed by atoms with E-state index in [-0.39, 0.29) is 57.8 Å². The molecule has 0 heterocycles. The van der Waals surface area contributed by atoms with E-state index in [0.29, 0.717) is 5.56 Å². The summed E-state index contributed by atoms with van der Waals surface area (Å²) >= 11 is 0. The number of primary amides is 1. The van der Waals surface area contributed by atoms with Crippen molar-refractivity contribution in [3.8, 4) is 0 Å². The molecule has 104 valence electrons. The first-order valence-electron chi connectivity index (χ1n) is 6.26. The Hall–Kier alpha value is -0.984. The summed E-state index contributed by atoms with van der Waals surface area (Å²) in [4.78, 5) is 23.2. The molecule has 0 saturated carbocycles. The van der Waals surface area contributed by atoms with Gasteiger partial charge in [0.1, 0.15) is 6.10 Å². The van der Waals surface area contributed by atoms with E-state index < -0.39 is 18.0 Å². The molecule has 0 aliphatic rings. The van der Waals surface area contributed by atoms with Crippen molar-refractivity contribution in [3.63, 3.8) is 0 Å². The van der Waals surface area contributed by atoms with Gasteiger partial charge in [0.05, 0.1) is 12.0 Å². The van der Waals surface area contributed by atoms with Crippen LogP contribution in [-0.4, -0.2) is 63.3 Å². The second kappa shape index (κ2) is 9.12. The number of rotatable bonds is 5. The zero-order chi connectivity index (χ0) is 14.4. The fourth-order valence-electron chi connectivity index (χ4n) is 1.85. The van der Waals surface area contributed by atoms with Gasteiger partial charge >= 0.3 is 57.4 Å². The van der Waals surface area contributed by atoms with Crippen LogP contribution in [0.15, 0.2) is 60.7 Å². The normalized spacial score (nSPS) is 11.0. The van der Waals surface area contributed by atoms with Gasteiger partial charge < -0.3 is 10.5 Å². The maximum atomic E-state index is 12.0. The number of carbonyl (C=O) groups excluding carboxylic acids is 2. The van der Waals surface area contributed by atoms with E-state index in [0.717, 1.165) is 5.56 Å². The number of nitrogens with two attached hydrogens (primary N) is 1. The van der Waals surface area contributed by atoms with Crippen molar-refractivity contribution in [2.75, 3.05) is 0 Å². The Kier molecular flexibility index (Phi) is 7.85. The van der Waals surface area contributed by atoms with Crippen LogP contribution in [0.2, 0.25) is 0 Å². The number of esters is 1. The van der Waals surface area contributed by atoms with Gasteiger partial charge in [-0.15, -0.1) is 0 Å². The van der Waals surface area contributed by atoms with E-state index in [4.69, 9.17) is 10.5 Å². The first-order valence-corrected chi connectivity index (χ1v) is 6.26. The van der Waals surface area contributed by atoms with Crippen LogP contribution in [0, 0.1) is 0 Å². The second-order valence-corrected chi connectivity index (χ2v) is 4.34. The van der Waals surface area contributed by atoms with Gasteiger partial charge in [-0.25, -0.2) is 4.79 Å². The van der Waals surface area contributed by atoms with Crippen molar-refractivity contribution in [2.45, 2.75) is 12.5 Å². The molecule has 0 aliphatic carbocycles. The number of hydrogen-bond acceptors (Lipinski definition) is 3. The summed E-state index contributed by atoms with van der Waals surface area (Å²) in [6.07, 6.45) is -0.704. The van der Waals surface area contributed by atoms with Gasteiger partial charge in [0, 0.05) is 0 Å². The van der Waals surface area contributed by atoms with E-state index in [1.54, 1.807) is 36.4 Å². The van der Waals surface area contributed by atoms with Crippen LogP contribution in [0.1, 0.15) is 28.4 Å². The predicted molar refractivity (Wildman–Crippen MR) is 82.0 cm³/mol. The van der Waals surface area contributed by atoms with Gasteiger partial charge in [0.25, 0.3) is 0 Å². The topological polar surface area (TPSA) is 69.4 Å². The third-order valence-electron chi connectivity index (χ3n) is 2.82. The summed E-state index contributed by atoms with van der Waals surface area (Å²) in [5.74, 6) is -0.986. The minimum absolute atomic E-state index is 0. The van der Waals surface area contributed by atoms with Crippen molar-refractivity contribution in [2.24, 2.45) is 5.73 Å². The molecule has 0 aromatic heterocycles. The maximum absolute atomic E-state index is 12.0. The summed E-state index contributed by atoms with van der Waals surface area (Å²) in [6.45, 7) is 0. The minimum atomic E-state index is -0.665. The van der Waals surface area contributed by atoms with Crippen LogP contribution < -0.4 is 5.73 Å². The summed E-state index contributed by atoms with van der Waals surface area (Å²) in [5, 5.41) is 0. The van der Waals surface area contributed by atoms with Gasteiger partial charge in [-0.2, -0.15) is 0 Å². The molecule has 0 spiro atoms. The number of hydrogen-bond donors (Lipinski definition) is 1. The molecule has 2 rings (SSSR count). The Balaban J connectivity index is 0.00000220. The van der Waals surface area contributed by atoms with Crippen molar-refractivity contribution in [3.05, 3.63) is 71.8 Å². The van der Waals surface area contributed by atoms with Gasteiger partial charge in [0.2, 0.25) is 5.91 Å². The van der Waals surface area contributed by atoms with E-state index in [2.05, 4.69) is 0 Å². The van der Waals surface area contributed by atoms with E-state index in [1.807, 2.05) is 24.3 Å².